The summed E-state index contributed by atoms with van der Waals surface area (Å²) >= 11 is 0. The van der Waals surface area contributed by atoms with Gasteiger partial charge in [-0.05, 0) is 42.0 Å². The van der Waals surface area contributed by atoms with Crippen molar-refractivity contribution in [2.45, 2.75) is 12.8 Å². The number of benzene rings is 3. The second kappa shape index (κ2) is 8.60. The second-order valence-electron chi connectivity index (χ2n) is 6.16. The minimum Gasteiger partial charge on any atom is -0.489 e. The fourth-order valence-corrected chi connectivity index (χ4v) is 2.50. The Morgan fingerprint density at radius 3 is 2.03 bits per heavy atom. The van der Waals surface area contributed by atoms with Crippen molar-refractivity contribution in [2.24, 2.45) is 0 Å². The lowest BCUT2D eigenvalue weighted by atomic mass is 10.1. The number of ether oxygens (including phenoxy) is 1. The Labute approximate surface area is 164 Å². The zero-order valence-electron chi connectivity index (χ0n) is 15.1. The minimum atomic E-state index is -4.51. The van der Waals surface area contributed by atoms with Gasteiger partial charge >= 0.3 is 6.18 Å². The maximum absolute atomic E-state index is 12.6. The van der Waals surface area contributed by atoms with Crippen molar-refractivity contribution < 1.29 is 27.5 Å². The van der Waals surface area contributed by atoms with Gasteiger partial charge in [0.15, 0.2) is 0 Å². The molecule has 0 radical (unpaired) electrons. The number of halogens is 3. The summed E-state index contributed by atoms with van der Waals surface area (Å²) in [7, 11) is 0. The van der Waals surface area contributed by atoms with Crippen molar-refractivity contribution in [3.63, 3.8) is 0 Å². The lowest BCUT2D eigenvalue weighted by molar-refractivity contribution is -0.137. The molecule has 0 saturated carbocycles. The standard InChI is InChI=1S/C22H16F3NO3/c23-22(24,25)17-8-6-16(7-9-17)20(27)21(28)26-18-10-12-19(13-11-18)29-14-15-4-2-1-3-5-15/h1-13H,14H2,(H,26,28). The molecule has 148 valence electrons. The smallest absolute Gasteiger partial charge is 0.416 e. The Morgan fingerprint density at radius 1 is 0.828 bits per heavy atom. The molecule has 1 amide bonds. The molecular formula is C22H16F3NO3. The van der Waals surface area contributed by atoms with Crippen LogP contribution >= 0.6 is 0 Å². The molecular weight excluding hydrogens is 383 g/mol. The normalized spacial score (nSPS) is 11.0. The molecule has 0 bridgehead atoms. The van der Waals surface area contributed by atoms with E-state index >= 15 is 0 Å². The largest absolute Gasteiger partial charge is 0.489 e. The molecule has 0 aliphatic carbocycles. The van der Waals surface area contributed by atoms with E-state index in [4.69, 9.17) is 4.74 Å². The van der Waals surface area contributed by atoms with Gasteiger partial charge in [0.2, 0.25) is 0 Å². The first-order valence-electron chi connectivity index (χ1n) is 8.62. The van der Waals surface area contributed by atoms with Gasteiger partial charge in [-0.1, -0.05) is 42.5 Å². The number of Topliss-reactive ketones (excluding diaryl/α,β-unsaturated/α-hetero) is 1. The molecule has 7 heteroatoms. The number of amides is 1. The van der Waals surface area contributed by atoms with Crippen LogP contribution in [0.4, 0.5) is 18.9 Å². The summed E-state index contributed by atoms with van der Waals surface area (Å²) in [6.07, 6.45) is -4.51. The first kappa shape index (κ1) is 20.1. The third kappa shape index (κ3) is 5.44. The first-order chi connectivity index (χ1) is 13.8. The molecule has 0 saturated heterocycles. The predicted molar refractivity (Wildman–Crippen MR) is 102 cm³/mol. The van der Waals surface area contributed by atoms with Crippen LogP contribution in [-0.2, 0) is 17.6 Å². The highest BCUT2D eigenvalue weighted by molar-refractivity contribution is 6.46. The Kier molecular flexibility index (Phi) is 5.97. The van der Waals surface area contributed by atoms with Crippen molar-refractivity contribution >= 4 is 17.4 Å². The van der Waals surface area contributed by atoms with Crippen LogP contribution in [0.1, 0.15) is 21.5 Å². The van der Waals surface area contributed by atoms with E-state index in [-0.39, 0.29) is 5.56 Å². The van der Waals surface area contributed by atoms with Crippen LogP contribution in [-0.4, -0.2) is 11.7 Å². The molecule has 0 aliphatic rings. The van der Waals surface area contributed by atoms with Crippen molar-refractivity contribution in [3.05, 3.63) is 95.6 Å². The predicted octanol–water partition coefficient (Wildman–Crippen LogP) is 5.11. The van der Waals surface area contributed by atoms with Crippen LogP contribution in [0.5, 0.6) is 5.75 Å². The van der Waals surface area contributed by atoms with E-state index < -0.39 is 23.4 Å². The van der Waals surface area contributed by atoms with Gasteiger partial charge in [-0.25, -0.2) is 0 Å². The van der Waals surface area contributed by atoms with E-state index in [1.807, 2.05) is 30.3 Å². The monoisotopic (exact) mass is 399 g/mol. The summed E-state index contributed by atoms with van der Waals surface area (Å²) in [5.41, 5.74) is 0.355. The average Bonchev–Trinajstić information content (AvgIpc) is 2.73. The molecule has 0 atom stereocenters. The lowest BCUT2D eigenvalue weighted by Gasteiger charge is -2.09. The summed E-state index contributed by atoms with van der Waals surface area (Å²) in [6.45, 7) is 0.388. The number of carbonyl (C=O) groups excluding carboxylic acids is 2. The van der Waals surface area contributed by atoms with E-state index in [9.17, 15) is 22.8 Å². The molecule has 0 spiro atoms. The van der Waals surface area contributed by atoms with Gasteiger partial charge in [0.1, 0.15) is 12.4 Å². The molecule has 0 heterocycles. The van der Waals surface area contributed by atoms with E-state index in [2.05, 4.69) is 5.32 Å². The molecule has 4 nitrogen and oxygen atoms in total. The Bertz CT molecular complexity index is 983. The number of ketones is 1. The van der Waals surface area contributed by atoms with Crippen LogP contribution in [0, 0.1) is 0 Å². The number of hydrogen-bond acceptors (Lipinski definition) is 3. The number of rotatable bonds is 6. The Morgan fingerprint density at radius 2 is 1.45 bits per heavy atom. The SMILES string of the molecule is O=C(Nc1ccc(OCc2ccccc2)cc1)C(=O)c1ccc(C(F)(F)F)cc1. The third-order valence-corrected chi connectivity index (χ3v) is 4.04. The van der Waals surface area contributed by atoms with E-state index in [0.717, 1.165) is 29.8 Å². The maximum atomic E-state index is 12.6. The molecule has 0 unspecified atom stereocenters. The van der Waals surface area contributed by atoms with Crippen molar-refractivity contribution in [1.82, 2.24) is 0 Å². The summed E-state index contributed by atoms with van der Waals surface area (Å²) in [5, 5.41) is 2.42. The van der Waals surface area contributed by atoms with Crippen molar-refractivity contribution in [2.75, 3.05) is 5.32 Å². The van der Waals surface area contributed by atoms with Gasteiger partial charge in [0.25, 0.3) is 11.7 Å². The summed E-state index contributed by atoms with van der Waals surface area (Å²) in [4.78, 5) is 24.2. The summed E-state index contributed by atoms with van der Waals surface area (Å²) in [5.74, 6) is -1.29. The van der Waals surface area contributed by atoms with Crippen LogP contribution in [0.15, 0.2) is 78.9 Å². The van der Waals surface area contributed by atoms with Crippen molar-refractivity contribution in [1.29, 1.82) is 0 Å². The zero-order chi connectivity index (χ0) is 20.9. The van der Waals surface area contributed by atoms with E-state index in [1.54, 1.807) is 24.3 Å². The van der Waals surface area contributed by atoms with Gasteiger partial charge < -0.3 is 10.1 Å². The first-order valence-corrected chi connectivity index (χ1v) is 8.62. The molecule has 0 aromatic heterocycles. The minimum absolute atomic E-state index is 0.127. The number of hydrogen-bond donors (Lipinski definition) is 1. The van der Waals surface area contributed by atoms with Crippen LogP contribution < -0.4 is 10.1 Å². The molecule has 29 heavy (non-hydrogen) atoms. The highest BCUT2D eigenvalue weighted by atomic mass is 19.4. The fourth-order valence-electron chi connectivity index (χ4n) is 2.50. The van der Waals surface area contributed by atoms with Gasteiger partial charge in [0.05, 0.1) is 5.56 Å². The number of carbonyl (C=O) groups is 2. The van der Waals surface area contributed by atoms with Crippen LogP contribution in [0.3, 0.4) is 0 Å². The van der Waals surface area contributed by atoms with Gasteiger partial charge in [-0.3, -0.25) is 9.59 Å². The summed E-state index contributed by atoms with van der Waals surface area (Å²) < 4.78 is 43.4. The number of alkyl halides is 3. The maximum Gasteiger partial charge on any atom is 0.416 e. The molecule has 1 N–H and O–H groups in total. The molecule has 3 aromatic rings. The topological polar surface area (TPSA) is 55.4 Å². The molecule has 0 fully saturated rings. The number of nitrogens with one attached hydrogen (secondary N) is 1. The van der Waals surface area contributed by atoms with Gasteiger partial charge in [-0.2, -0.15) is 13.2 Å². The number of anilines is 1. The average molecular weight is 399 g/mol. The highest BCUT2D eigenvalue weighted by Gasteiger charge is 2.30. The Balaban J connectivity index is 1.58. The van der Waals surface area contributed by atoms with Crippen LogP contribution in [0.2, 0.25) is 0 Å². The molecule has 3 rings (SSSR count). The van der Waals surface area contributed by atoms with Gasteiger partial charge in [-0.15, -0.1) is 0 Å². The van der Waals surface area contributed by atoms with Crippen molar-refractivity contribution in [3.8, 4) is 5.75 Å². The molecule has 3 aromatic carbocycles. The van der Waals surface area contributed by atoms with Crippen LogP contribution in [0.25, 0.3) is 0 Å². The van der Waals surface area contributed by atoms with Gasteiger partial charge in [0, 0.05) is 11.3 Å². The summed E-state index contributed by atoms with van der Waals surface area (Å²) in [6, 6.07) is 19.5. The second-order valence-corrected chi connectivity index (χ2v) is 6.16. The Hall–Kier alpha value is -3.61. The lowest BCUT2D eigenvalue weighted by Crippen LogP contribution is -2.23. The van der Waals surface area contributed by atoms with E-state index in [0.29, 0.717) is 18.0 Å². The van der Waals surface area contributed by atoms with E-state index in [1.165, 1.54) is 0 Å². The molecule has 0 aliphatic heterocycles. The zero-order valence-corrected chi connectivity index (χ0v) is 15.1. The fraction of sp³-hybridized carbons (Fsp3) is 0.0909. The quantitative estimate of drug-likeness (QED) is 0.463. The highest BCUT2D eigenvalue weighted by Crippen LogP contribution is 2.29. The third-order valence-electron chi connectivity index (χ3n) is 4.04.